The second-order valence-corrected chi connectivity index (χ2v) is 5.68. The van der Waals surface area contributed by atoms with Crippen LogP contribution in [0.25, 0.3) is 0 Å². The Morgan fingerprint density at radius 1 is 1.50 bits per heavy atom. The molecule has 1 rings (SSSR count). The van der Waals surface area contributed by atoms with E-state index in [1.807, 2.05) is 18.8 Å². The van der Waals surface area contributed by atoms with Crippen LogP contribution >= 0.6 is 11.3 Å². The number of nitrogens with zero attached hydrogens (tertiary/aromatic N) is 1. The predicted octanol–water partition coefficient (Wildman–Crippen LogP) is 2.71. The van der Waals surface area contributed by atoms with E-state index < -0.39 is 0 Å². The van der Waals surface area contributed by atoms with Crippen molar-refractivity contribution in [3.05, 3.63) is 16.6 Å². The fourth-order valence-electron chi connectivity index (χ4n) is 1.66. The fourth-order valence-corrected chi connectivity index (χ4v) is 2.28. The van der Waals surface area contributed by atoms with E-state index in [-0.39, 0.29) is 0 Å². The van der Waals surface area contributed by atoms with Crippen molar-refractivity contribution in [2.75, 3.05) is 7.05 Å². The molecule has 3 heteroatoms. The third-order valence-electron chi connectivity index (χ3n) is 2.56. The lowest BCUT2D eigenvalue weighted by Crippen LogP contribution is -2.38. The highest BCUT2D eigenvalue weighted by Crippen LogP contribution is 2.23. The van der Waals surface area contributed by atoms with E-state index in [4.69, 9.17) is 0 Å². The van der Waals surface area contributed by atoms with Crippen molar-refractivity contribution in [3.8, 4) is 0 Å². The molecule has 14 heavy (non-hydrogen) atoms. The molecule has 0 spiro atoms. The van der Waals surface area contributed by atoms with Gasteiger partial charge in [0.15, 0.2) is 0 Å². The van der Waals surface area contributed by atoms with Gasteiger partial charge < -0.3 is 5.32 Å². The van der Waals surface area contributed by atoms with E-state index in [0.29, 0.717) is 11.5 Å². The zero-order valence-corrected chi connectivity index (χ0v) is 10.3. The second kappa shape index (κ2) is 4.89. The molecule has 0 aliphatic carbocycles. The number of hydrogen-bond acceptors (Lipinski definition) is 3. The minimum absolute atomic E-state index is 0.333. The number of hydrogen-bond donors (Lipinski definition) is 1. The maximum atomic E-state index is 4.09. The van der Waals surface area contributed by atoms with Crippen LogP contribution in [0.4, 0.5) is 0 Å². The lowest BCUT2D eigenvalue weighted by molar-refractivity contribution is 0.268. The first-order chi connectivity index (χ1) is 6.54. The molecular weight excluding hydrogens is 192 g/mol. The minimum Gasteiger partial charge on any atom is -0.316 e. The summed E-state index contributed by atoms with van der Waals surface area (Å²) in [6.45, 7) is 6.84. The molecule has 0 saturated heterocycles. The van der Waals surface area contributed by atoms with Gasteiger partial charge in [0.2, 0.25) is 0 Å². The molecule has 0 fully saturated rings. The van der Waals surface area contributed by atoms with Gasteiger partial charge in [-0.2, -0.15) is 0 Å². The van der Waals surface area contributed by atoms with Gasteiger partial charge in [-0.25, -0.2) is 0 Å². The monoisotopic (exact) mass is 212 g/mol. The number of nitrogens with one attached hydrogen (secondary N) is 1. The summed E-state index contributed by atoms with van der Waals surface area (Å²) in [6.07, 6.45) is 4.29. The molecule has 0 radical (unpaired) electrons. The van der Waals surface area contributed by atoms with Gasteiger partial charge >= 0.3 is 0 Å². The van der Waals surface area contributed by atoms with Crippen molar-refractivity contribution in [3.63, 3.8) is 0 Å². The van der Waals surface area contributed by atoms with Crippen LogP contribution in [0.3, 0.4) is 0 Å². The van der Waals surface area contributed by atoms with Crippen LogP contribution in [0.15, 0.2) is 11.7 Å². The summed E-state index contributed by atoms with van der Waals surface area (Å²) < 4.78 is 0. The summed E-state index contributed by atoms with van der Waals surface area (Å²) in [5.41, 5.74) is 2.24. The molecule has 0 aliphatic heterocycles. The lowest BCUT2D eigenvalue weighted by atomic mass is 9.84. The summed E-state index contributed by atoms with van der Waals surface area (Å²) in [5, 5.41) is 3.39. The molecule has 1 atom stereocenters. The first-order valence-corrected chi connectivity index (χ1v) is 5.96. The molecule has 1 unspecified atom stereocenters. The van der Waals surface area contributed by atoms with Gasteiger partial charge in [-0.1, -0.05) is 20.8 Å². The van der Waals surface area contributed by atoms with Crippen LogP contribution in [-0.2, 0) is 6.42 Å². The SMILES string of the molecule is CNC(CCc1cncs1)C(C)(C)C. The molecule has 1 N–H and O–H groups in total. The van der Waals surface area contributed by atoms with Gasteiger partial charge in [0, 0.05) is 17.1 Å². The Kier molecular flexibility index (Phi) is 4.08. The van der Waals surface area contributed by atoms with E-state index in [1.54, 1.807) is 11.3 Å². The van der Waals surface area contributed by atoms with Crippen molar-refractivity contribution in [1.29, 1.82) is 0 Å². The standard InChI is InChI=1S/C11H20N2S/c1-11(2,3)10(12-4)6-5-9-7-13-8-14-9/h7-8,10,12H,5-6H2,1-4H3. The molecule has 0 saturated carbocycles. The van der Waals surface area contributed by atoms with Gasteiger partial charge in [0.25, 0.3) is 0 Å². The molecule has 1 aromatic heterocycles. The summed E-state index contributed by atoms with van der Waals surface area (Å²) in [5.74, 6) is 0. The minimum atomic E-state index is 0.333. The topological polar surface area (TPSA) is 24.9 Å². The summed E-state index contributed by atoms with van der Waals surface area (Å²) in [6, 6.07) is 0.574. The van der Waals surface area contributed by atoms with E-state index in [0.717, 1.165) is 6.42 Å². The molecule has 0 aliphatic rings. The van der Waals surface area contributed by atoms with E-state index in [1.165, 1.54) is 11.3 Å². The summed E-state index contributed by atoms with van der Waals surface area (Å²) in [7, 11) is 2.04. The maximum Gasteiger partial charge on any atom is 0.0794 e. The van der Waals surface area contributed by atoms with Crippen LogP contribution in [0.2, 0.25) is 0 Å². The molecule has 0 amide bonds. The number of aromatic nitrogens is 1. The highest BCUT2D eigenvalue weighted by atomic mass is 32.1. The van der Waals surface area contributed by atoms with Crippen LogP contribution in [-0.4, -0.2) is 18.1 Å². The first-order valence-electron chi connectivity index (χ1n) is 5.08. The lowest BCUT2D eigenvalue weighted by Gasteiger charge is -2.30. The van der Waals surface area contributed by atoms with Crippen LogP contribution in [0.5, 0.6) is 0 Å². The first kappa shape index (κ1) is 11.7. The molecule has 1 heterocycles. The zero-order valence-electron chi connectivity index (χ0n) is 9.50. The Morgan fingerprint density at radius 2 is 2.21 bits per heavy atom. The Labute approximate surface area is 90.8 Å². The highest BCUT2D eigenvalue weighted by molar-refractivity contribution is 7.09. The Bertz CT molecular complexity index is 249. The van der Waals surface area contributed by atoms with Gasteiger partial charge in [0.1, 0.15) is 0 Å². The van der Waals surface area contributed by atoms with Crippen LogP contribution in [0, 0.1) is 5.41 Å². The van der Waals surface area contributed by atoms with Crippen molar-refractivity contribution in [1.82, 2.24) is 10.3 Å². The highest BCUT2D eigenvalue weighted by Gasteiger charge is 2.22. The van der Waals surface area contributed by atoms with Gasteiger partial charge in [-0.05, 0) is 25.3 Å². The zero-order chi connectivity index (χ0) is 10.6. The average Bonchev–Trinajstić information content (AvgIpc) is 2.55. The Balaban J connectivity index is 2.43. The number of aryl methyl sites for hydroxylation is 1. The molecule has 1 aromatic rings. The normalized spacial score (nSPS) is 14.3. The molecule has 80 valence electrons. The summed E-state index contributed by atoms with van der Waals surface area (Å²) in [4.78, 5) is 5.47. The van der Waals surface area contributed by atoms with Crippen LogP contribution < -0.4 is 5.32 Å². The molecule has 2 nitrogen and oxygen atoms in total. The number of rotatable bonds is 4. The van der Waals surface area contributed by atoms with Crippen molar-refractivity contribution < 1.29 is 0 Å². The Hall–Kier alpha value is -0.410. The largest absolute Gasteiger partial charge is 0.316 e. The van der Waals surface area contributed by atoms with Gasteiger partial charge in [-0.15, -0.1) is 11.3 Å². The quantitative estimate of drug-likeness (QED) is 0.830. The van der Waals surface area contributed by atoms with Gasteiger partial charge in [0.05, 0.1) is 5.51 Å². The van der Waals surface area contributed by atoms with Crippen molar-refractivity contribution in [2.45, 2.75) is 39.7 Å². The molecule has 0 bridgehead atoms. The molecular formula is C11H20N2S. The van der Waals surface area contributed by atoms with E-state index in [9.17, 15) is 0 Å². The predicted molar refractivity (Wildman–Crippen MR) is 62.7 cm³/mol. The number of thiazole rings is 1. The summed E-state index contributed by atoms with van der Waals surface area (Å²) >= 11 is 1.75. The molecule has 0 aromatic carbocycles. The van der Waals surface area contributed by atoms with E-state index >= 15 is 0 Å². The van der Waals surface area contributed by atoms with Gasteiger partial charge in [-0.3, -0.25) is 4.98 Å². The third-order valence-corrected chi connectivity index (χ3v) is 3.40. The second-order valence-electron chi connectivity index (χ2n) is 4.71. The van der Waals surface area contributed by atoms with Crippen molar-refractivity contribution in [2.24, 2.45) is 5.41 Å². The maximum absolute atomic E-state index is 4.09. The Morgan fingerprint density at radius 3 is 2.64 bits per heavy atom. The third kappa shape index (κ3) is 3.39. The fraction of sp³-hybridized carbons (Fsp3) is 0.727. The average molecular weight is 212 g/mol. The smallest absolute Gasteiger partial charge is 0.0794 e. The van der Waals surface area contributed by atoms with Crippen molar-refractivity contribution >= 4 is 11.3 Å². The van der Waals surface area contributed by atoms with Crippen LogP contribution in [0.1, 0.15) is 32.1 Å². The van der Waals surface area contributed by atoms with E-state index in [2.05, 4.69) is 31.1 Å².